The molecule has 3 rings (SSSR count). The number of rotatable bonds is 3. The first-order valence-electron chi connectivity index (χ1n) is 8.23. The van der Waals surface area contributed by atoms with Crippen LogP contribution in [0.4, 0.5) is 4.39 Å². The third-order valence-electron chi connectivity index (χ3n) is 6.07. The Bertz CT molecular complexity index is 642. The highest BCUT2D eigenvalue weighted by atomic mass is 19.1. The van der Waals surface area contributed by atoms with Crippen molar-refractivity contribution in [1.29, 1.82) is 0 Å². The molecule has 24 heavy (non-hydrogen) atoms. The molecule has 1 saturated carbocycles. The lowest BCUT2D eigenvalue weighted by Crippen LogP contribution is -2.69. The molecule has 1 aliphatic carbocycles. The van der Waals surface area contributed by atoms with E-state index in [2.05, 4.69) is 0 Å². The fourth-order valence-electron chi connectivity index (χ4n) is 4.23. The Labute approximate surface area is 141 Å². The molecule has 0 radical (unpaired) electrons. The smallest absolute Gasteiger partial charge is 0.253 e. The molecule has 1 spiro atoms. The minimum absolute atomic E-state index is 0.123. The van der Waals surface area contributed by atoms with Crippen molar-refractivity contribution in [2.75, 3.05) is 27.3 Å². The van der Waals surface area contributed by atoms with Crippen LogP contribution in [0.3, 0.4) is 0 Å². The molecule has 1 aromatic carbocycles. The molecule has 2 unspecified atom stereocenters. The van der Waals surface area contributed by atoms with E-state index in [9.17, 15) is 14.3 Å². The topological polar surface area (TPSA) is 59.0 Å². The van der Waals surface area contributed by atoms with E-state index in [0.717, 1.165) is 0 Å². The molecule has 5 nitrogen and oxygen atoms in total. The second-order valence-corrected chi connectivity index (χ2v) is 6.95. The molecule has 1 aromatic rings. The van der Waals surface area contributed by atoms with Gasteiger partial charge >= 0.3 is 0 Å². The second kappa shape index (κ2) is 6.01. The summed E-state index contributed by atoms with van der Waals surface area (Å²) in [5.74, 6) is -0.616. The summed E-state index contributed by atoms with van der Waals surface area (Å²) in [5, 5.41) is 10.3. The molecule has 1 saturated heterocycles. The number of amides is 1. The van der Waals surface area contributed by atoms with Crippen LogP contribution in [-0.4, -0.2) is 54.9 Å². The van der Waals surface area contributed by atoms with Crippen LogP contribution >= 0.6 is 0 Å². The van der Waals surface area contributed by atoms with Crippen LogP contribution in [0.5, 0.6) is 5.75 Å². The van der Waals surface area contributed by atoms with Gasteiger partial charge in [0.05, 0.1) is 18.8 Å². The SMILES string of the molecule is COc1ccc(C(=O)N2CCC3(CC2)C(O)CC3(C)OC)cc1F. The van der Waals surface area contributed by atoms with Crippen molar-refractivity contribution in [2.45, 2.75) is 37.9 Å². The first kappa shape index (κ1) is 17.2. The molecule has 1 amide bonds. The highest BCUT2D eigenvalue weighted by molar-refractivity contribution is 5.94. The Kier molecular flexibility index (Phi) is 4.30. The Hall–Kier alpha value is -1.66. The Balaban J connectivity index is 1.71. The molecule has 2 fully saturated rings. The predicted octanol–water partition coefficient (Wildman–Crippen LogP) is 2.23. The second-order valence-electron chi connectivity index (χ2n) is 6.95. The molecule has 1 heterocycles. The Morgan fingerprint density at radius 3 is 2.50 bits per heavy atom. The summed E-state index contributed by atoms with van der Waals surface area (Å²) in [7, 11) is 3.06. The lowest BCUT2D eigenvalue weighted by molar-refractivity contribution is -0.259. The van der Waals surface area contributed by atoms with Crippen molar-refractivity contribution in [2.24, 2.45) is 5.41 Å². The number of likely N-dealkylation sites (tertiary alicyclic amines) is 1. The zero-order valence-electron chi connectivity index (χ0n) is 14.3. The van der Waals surface area contributed by atoms with Gasteiger partial charge in [0, 0.05) is 37.6 Å². The minimum Gasteiger partial charge on any atom is -0.494 e. The number of ether oxygens (including phenoxy) is 2. The van der Waals surface area contributed by atoms with Crippen LogP contribution in [0.1, 0.15) is 36.5 Å². The van der Waals surface area contributed by atoms with Gasteiger partial charge in [-0.2, -0.15) is 0 Å². The molecule has 132 valence electrons. The number of methoxy groups -OCH3 is 2. The Morgan fingerprint density at radius 1 is 1.33 bits per heavy atom. The monoisotopic (exact) mass is 337 g/mol. The van der Waals surface area contributed by atoms with Crippen LogP contribution in [0.2, 0.25) is 0 Å². The van der Waals surface area contributed by atoms with E-state index in [4.69, 9.17) is 9.47 Å². The average molecular weight is 337 g/mol. The summed E-state index contributed by atoms with van der Waals surface area (Å²) in [6.07, 6.45) is 1.60. The van der Waals surface area contributed by atoms with Gasteiger partial charge in [0.15, 0.2) is 11.6 Å². The zero-order valence-corrected chi connectivity index (χ0v) is 14.3. The van der Waals surface area contributed by atoms with Gasteiger partial charge in [-0.05, 0) is 38.0 Å². The van der Waals surface area contributed by atoms with Crippen molar-refractivity contribution in [3.05, 3.63) is 29.6 Å². The number of hydrogen-bond acceptors (Lipinski definition) is 4. The molecular weight excluding hydrogens is 313 g/mol. The summed E-state index contributed by atoms with van der Waals surface area (Å²) in [6, 6.07) is 4.25. The quantitative estimate of drug-likeness (QED) is 0.919. The number of halogens is 1. The highest BCUT2D eigenvalue weighted by Crippen LogP contribution is 2.58. The molecule has 0 bridgehead atoms. The minimum atomic E-state index is -0.543. The molecule has 1 aliphatic heterocycles. The number of aliphatic hydroxyl groups excluding tert-OH is 1. The van der Waals surface area contributed by atoms with E-state index < -0.39 is 11.9 Å². The van der Waals surface area contributed by atoms with Crippen LogP contribution in [0.15, 0.2) is 18.2 Å². The van der Waals surface area contributed by atoms with Gasteiger partial charge < -0.3 is 19.5 Å². The summed E-state index contributed by atoms with van der Waals surface area (Å²) < 4.78 is 24.3. The first-order chi connectivity index (χ1) is 11.4. The third kappa shape index (κ3) is 2.40. The average Bonchev–Trinajstić information content (AvgIpc) is 2.61. The van der Waals surface area contributed by atoms with Crippen LogP contribution in [0, 0.1) is 11.2 Å². The number of carbonyl (C=O) groups excluding carboxylic acids is 1. The molecule has 6 heteroatoms. The maximum atomic E-state index is 13.8. The van der Waals surface area contributed by atoms with Crippen LogP contribution in [0.25, 0.3) is 0 Å². The molecule has 0 aromatic heterocycles. The van der Waals surface area contributed by atoms with Crippen LogP contribution < -0.4 is 4.74 Å². The van der Waals surface area contributed by atoms with E-state index in [1.807, 2.05) is 6.92 Å². The van der Waals surface area contributed by atoms with Crippen molar-refractivity contribution in [3.8, 4) is 5.75 Å². The summed E-state index contributed by atoms with van der Waals surface area (Å²) in [6.45, 7) is 3.08. The maximum absolute atomic E-state index is 13.8. The number of hydrogen-bond donors (Lipinski definition) is 1. The largest absolute Gasteiger partial charge is 0.494 e. The fraction of sp³-hybridized carbons (Fsp3) is 0.611. The van der Waals surface area contributed by atoms with E-state index in [-0.39, 0.29) is 22.7 Å². The fourth-order valence-corrected chi connectivity index (χ4v) is 4.23. The van der Waals surface area contributed by atoms with Crippen molar-refractivity contribution >= 4 is 5.91 Å². The van der Waals surface area contributed by atoms with E-state index in [0.29, 0.717) is 37.9 Å². The number of piperidine rings is 1. The highest BCUT2D eigenvalue weighted by Gasteiger charge is 2.63. The number of aliphatic hydroxyl groups is 1. The predicted molar refractivity (Wildman–Crippen MR) is 86.6 cm³/mol. The van der Waals surface area contributed by atoms with Gasteiger partial charge in [0.1, 0.15) is 0 Å². The normalized spacial score (nSPS) is 28.5. The Morgan fingerprint density at radius 2 is 2.00 bits per heavy atom. The maximum Gasteiger partial charge on any atom is 0.253 e. The van der Waals surface area contributed by atoms with Gasteiger partial charge in [0.25, 0.3) is 5.91 Å². The number of nitrogens with zero attached hydrogens (tertiary/aromatic N) is 1. The third-order valence-corrected chi connectivity index (χ3v) is 6.07. The first-order valence-corrected chi connectivity index (χ1v) is 8.23. The van der Waals surface area contributed by atoms with Gasteiger partial charge in [-0.1, -0.05) is 0 Å². The molecular formula is C18H24FNO4. The summed E-state index contributed by atoms with van der Waals surface area (Å²) in [4.78, 5) is 14.3. The van der Waals surface area contributed by atoms with E-state index in [1.54, 1.807) is 18.1 Å². The van der Waals surface area contributed by atoms with Crippen molar-refractivity contribution in [3.63, 3.8) is 0 Å². The van der Waals surface area contributed by atoms with Gasteiger partial charge in [-0.3, -0.25) is 4.79 Å². The van der Waals surface area contributed by atoms with Gasteiger partial charge in [-0.15, -0.1) is 0 Å². The molecule has 1 N–H and O–H groups in total. The lowest BCUT2D eigenvalue weighted by Gasteiger charge is -2.62. The van der Waals surface area contributed by atoms with Crippen LogP contribution in [-0.2, 0) is 4.74 Å². The standard InChI is InChI=1S/C18H24FNO4/c1-17(24-3)11-15(21)18(17)6-8-20(9-7-18)16(22)12-4-5-14(23-2)13(19)10-12/h4-5,10,15,21H,6-9,11H2,1-3H3. The number of carbonyl (C=O) groups is 1. The van der Waals surface area contributed by atoms with Crippen molar-refractivity contribution < 1.29 is 23.8 Å². The number of benzene rings is 1. The molecule has 2 atom stereocenters. The van der Waals surface area contributed by atoms with Crippen molar-refractivity contribution in [1.82, 2.24) is 4.90 Å². The van der Waals surface area contributed by atoms with E-state index in [1.165, 1.54) is 19.2 Å². The van der Waals surface area contributed by atoms with E-state index >= 15 is 0 Å². The summed E-state index contributed by atoms with van der Waals surface area (Å²) in [5.41, 5.74) is -0.315. The zero-order chi connectivity index (χ0) is 17.5. The molecule has 2 aliphatic rings. The summed E-state index contributed by atoms with van der Waals surface area (Å²) >= 11 is 0. The van der Waals surface area contributed by atoms with Gasteiger partial charge in [-0.25, -0.2) is 4.39 Å². The lowest BCUT2D eigenvalue weighted by atomic mass is 9.51. The van der Waals surface area contributed by atoms with Gasteiger partial charge in [0.2, 0.25) is 0 Å².